The first-order valence-electron chi connectivity index (χ1n) is 3.97. The highest BCUT2D eigenvalue weighted by Gasteiger charge is 2.11. The van der Waals surface area contributed by atoms with Gasteiger partial charge in [-0.05, 0) is 18.6 Å². The Morgan fingerprint density at radius 2 is 2.33 bits per heavy atom. The third-order valence-corrected chi connectivity index (χ3v) is 1.88. The van der Waals surface area contributed by atoms with Gasteiger partial charge in [0.1, 0.15) is 6.07 Å². The summed E-state index contributed by atoms with van der Waals surface area (Å²) in [6.45, 7) is 1.60. The predicted octanol–water partition coefficient (Wildman–Crippen LogP) is 1.61. The lowest BCUT2D eigenvalue weighted by molar-refractivity contribution is -0.384. The SMILES string of the molecule is Cc1cc([N+](=O)[O-])ccc1/C(C#N)=N\O. The maximum Gasteiger partial charge on any atom is 0.269 e. The van der Waals surface area contributed by atoms with Crippen LogP contribution in [0, 0.1) is 28.4 Å². The zero-order valence-electron chi connectivity index (χ0n) is 7.84. The van der Waals surface area contributed by atoms with Crippen molar-refractivity contribution in [1.82, 2.24) is 0 Å². The molecule has 0 unspecified atom stereocenters. The highest BCUT2D eigenvalue weighted by molar-refractivity contribution is 6.12. The number of aryl methyl sites for hydroxylation is 1. The zero-order valence-corrected chi connectivity index (χ0v) is 7.84. The molecule has 15 heavy (non-hydrogen) atoms. The highest BCUT2D eigenvalue weighted by atomic mass is 16.6. The molecule has 6 heteroatoms. The number of nitro benzene ring substituents is 1. The van der Waals surface area contributed by atoms with Gasteiger partial charge in [-0.15, -0.1) is 0 Å². The molecule has 0 amide bonds. The van der Waals surface area contributed by atoms with Gasteiger partial charge in [-0.25, -0.2) is 0 Å². The smallest absolute Gasteiger partial charge is 0.269 e. The third kappa shape index (κ3) is 2.08. The van der Waals surface area contributed by atoms with Gasteiger partial charge in [0.2, 0.25) is 0 Å². The second-order valence-electron chi connectivity index (χ2n) is 2.82. The zero-order chi connectivity index (χ0) is 11.4. The lowest BCUT2D eigenvalue weighted by Crippen LogP contribution is -2.01. The van der Waals surface area contributed by atoms with E-state index in [0.717, 1.165) is 0 Å². The predicted molar refractivity (Wildman–Crippen MR) is 51.8 cm³/mol. The number of nitrogens with zero attached hydrogens (tertiary/aromatic N) is 3. The molecule has 0 radical (unpaired) electrons. The summed E-state index contributed by atoms with van der Waals surface area (Å²) in [5, 5.41) is 30.4. The Morgan fingerprint density at radius 3 is 2.73 bits per heavy atom. The summed E-state index contributed by atoms with van der Waals surface area (Å²) < 4.78 is 0. The number of nitro groups is 1. The van der Waals surface area contributed by atoms with Gasteiger partial charge >= 0.3 is 0 Å². The van der Waals surface area contributed by atoms with Gasteiger partial charge in [-0.3, -0.25) is 10.1 Å². The van der Waals surface area contributed by atoms with Crippen LogP contribution in [0.5, 0.6) is 0 Å². The Bertz CT molecular complexity index is 474. The number of benzene rings is 1. The van der Waals surface area contributed by atoms with Gasteiger partial charge < -0.3 is 5.21 Å². The van der Waals surface area contributed by atoms with Crippen molar-refractivity contribution in [3.63, 3.8) is 0 Å². The summed E-state index contributed by atoms with van der Waals surface area (Å²) in [5.41, 5.74) is 0.665. The molecule has 1 aromatic carbocycles. The highest BCUT2D eigenvalue weighted by Crippen LogP contribution is 2.17. The second-order valence-corrected chi connectivity index (χ2v) is 2.82. The van der Waals surface area contributed by atoms with E-state index in [1.807, 2.05) is 0 Å². The standard InChI is InChI=1S/C9H7N3O3/c1-6-4-7(12(14)15)2-3-8(6)9(5-10)11-13/h2-4,13H,1H3/b11-9-. The van der Waals surface area contributed by atoms with Gasteiger partial charge in [0.05, 0.1) is 4.92 Å². The lowest BCUT2D eigenvalue weighted by Gasteiger charge is -2.01. The molecule has 6 nitrogen and oxygen atoms in total. The van der Waals surface area contributed by atoms with Crippen LogP contribution < -0.4 is 0 Å². The molecule has 0 atom stereocenters. The molecule has 0 fully saturated rings. The third-order valence-electron chi connectivity index (χ3n) is 1.88. The molecular weight excluding hydrogens is 198 g/mol. The Hall–Kier alpha value is -2.42. The number of hydrogen-bond donors (Lipinski definition) is 1. The van der Waals surface area contributed by atoms with E-state index in [0.29, 0.717) is 11.1 Å². The van der Waals surface area contributed by atoms with E-state index >= 15 is 0 Å². The van der Waals surface area contributed by atoms with Crippen molar-refractivity contribution >= 4 is 11.4 Å². The Kier molecular flexibility index (Phi) is 2.98. The fourth-order valence-corrected chi connectivity index (χ4v) is 1.16. The number of non-ortho nitro benzene ring substituents is 1. The van der Waals surface area contributed by atoms with E-state index in [9.17, 15) is 10.1 Å². The number of oxime groups is 1. The molecule has 0 saturated heterocycles. The normalized spacial score (nSPS) is 10.8. The molecule has 1 aromatic rings. The maximum atomic E-state index is 10.4. The average molecular weight is 205 g/mol. The van der Waals surface area contributed by atoms with E-state index in [-0.39, 0.29) is 11.4 Å². The maximum absolute atomic E-state index is 10.4. The van der Waals surface area contributed by atoms with Crippen molar-refractivity contribution < 1.29 is 10.1 Å². The first-order valence-corrected chi connectivity index (χ1v) is 3.97. The van der Waals surface area contributed by atoms with Crippen molar-refractivity contribution in [3.8, 4) is 6.07 Å². The summed E-state index contributed by atoms with van der Waals surface area (Å²) in [6, 6.07) is 5.64. The van der Waals surface area contributed by atoms with E-state index < -0.39 is 4.92 Å². The van der Waals surface area contributed by atoms with Gasteiger partial charge in [0, 0.05) is 17.7 Å². The van der Waals surface area contributed by atoms with Gasteiger partial charge in [-0.1, -0.05) is 5.16 Å². The minimum absolute atomic E-state index is 0.0634. The van der Waals surface area contributed by atoms with Crippen molar-refractivity contribution in [2.75, 3.05) is 0 Å². The van der Waals surface area contributed by atoms with Crippen molar-refractivity contribution in [3.05, 3.63) is 39.4 Å². The fourth-order valence-electron chi connectivity index (χ4n) is 1.16. The molecule has 76 valence electrons. The van der Waals surface area contributed by atoms with E-state index in [1.54, 1.807) is 13.0 Å². The Labute approximate surface area is 85.2 Å². The molecular formula is C9H7N3O3. The van der Waals surface area contributed by atoms with Crippen LogP contribution in [0.2, 0.25) is 0 Å². The van der Waals surface area contributed by atoms with Crippen LogP contribution in [-0.4, -0.2) is 15.8 Å². The first-order chi connectivity index (χ1) is 7.10. The lowest BCUT2D eigenvalue weighted by atomic mass is 10.0. The molecule has 0 saturated carbocycles. The largest absolute Gasteiger partial charge is 0.410 e. The van der Waals surface area contributed by atoms with Gasteiger partial charge in [0.25, 0.3) is 5.69 Å². The summed E-state index contributed by atoms with van der Waals surface area (Å²) in [7, 11) is 0. The minimum Gasteiger partial charge on any atom is -0.410 e. The van der Waals surface area contributed by atoms with Crippen LogP contribution in [-0.2, 0) is 0 Å². The minimum atomic E-state index is -0.529. The number of rotatable bonds is 2. The Morgan fingerprint density at radius 1 is 1.67 bits per heavy atom. The molecule has 1 N–H and O–H groups in total. The number of hydrogen-bond acceptors (Lipinski definition) is 5. The molecule has 0 spiro atoms. The van der Waals surface area contributed by atoms with Crippen molar-refractivity contribution in [2.24, 2.45) is 5.16 Å². The molecule has 0 heterocycles. The molecule has 0 aromatic heterocycles. The van der Waals surface area contributed by atoms with Gasteiger partial charge in [0.15, 0.2) is 5.71 Å². The van der Waals surface area contributed by atoms with Crippen LogP contribution in [0.3, 0.4) is 0 Å². The first kappa shape index (κ1) is 10.7. The van der Waals surface area contributed by atoms with Crippen LogP contribution in [0.1, 0.15) is 11.1 Å². The summed E-state index contributed by atoms with van der Waals surface area (Å²) >= 11 is 0. The Balaban J connectivity index is 3.27. The average Bonchev–Trinajstić information content (AvgIpc) is 2.21. The van der Waals surface area contributed by atoms with Crippen LogP contribution >= 0.6 is 0 Å². The molecule has 0 aliphatic heterocycles. The van der Waals surface area contributed by atoms with Crippen molar-refractivity contribution in [2.45, 2.75) is 6.92 Å². The summed E-state index contributed by atoms with van der Waals surface area (Å²) in [4.78, 5) is 9.91. The van der Waals surface area contributed by atoms with E-state index in [1.165, 1.54) is 18.2 Å². The number of nitriles is 1. The fraction of sp³-hybridized carbons (Fsp3) is 0.111. The quantitative estimate of drug-likeness (QED) is 0.343. The van der Waals surface area contributed by atoms with Crippen LogP contribution in [0.4, 0.5) is 5.69 Å². The summed E-state index contributed by atoms with van der Waals surface area (Å²) in [6.07, 6.45) is 0. The molecule has 1 rings (SSSR count). The molecule has 0 aliphatic rings. The van der Waals surface area contributed by atoms with Gasteiger partial charge in [-0.2, -0.15) is 5.26 Å². The molecule has 0 bridgehead atoms. The monoisotopic (exact) mass is 205 g/mol. The summed E-state index contributed by atoms with van der Waals surface area (Å²) in [5.74, 6) is 0. The van der Waals surface area contributed by atoms with E-state index in [4.69, 9.17) is 10.5 Å². The topological polar surface area (TPSA) is 99.5 Å². The second kappa shape index (κ2) is 4.19. The van der Waals surface area contributed by atoms with Crippen LogP contribution in [0.15, 0.2) is 23.4 Å². The van der Waals surface area contributed by atoms with E-state index in [2.05, 4.69) is 5.16 Å². The molecule has 0 aliphatic carbocycles. The van der Waals surface area contributed by atoms with Crippen molar-refractivity contribution in [1.29, 1.82) is 5.26 Å². The van der Waals surface area contributed by atoms with Crippen LogP contribution in [0.25, 0.3) is 0 Å².